The highest BCUT2D eigenvalue weighted by molar-refractivity contribution is 5.88. The maximum absolute atomic E-state index is 12.2. The van der Waals surface area contributed by atoms with Gasteiger partial charge in [0.2, 0.25) is 0 Å². The molecule has 2 aromatic carbocycles. The molecule has 0 spiro atoms. The van der Waals surface area contributed by atoms with Crippen molar-refractivity contribution in [2.45, 2.75) is 104 Å². The van der Waals surface area contributed by atoms with Crippen LogP contribution in [0.4, 0.5) is 0 Å². The number of benzene rings is 2. The molecule has 49 heavy (non-hydrogen) atoms. The number of unbranched alkanes of at least 4 members (excludes halogenated alkanes) is 2. The van der Waals surface area contributed by atoms with Gasteiger partial charge in [-0.1, -0.05) is 82.3 Å². The summed E-state index contributed by atoms with van der Waals surface area (Å²) in [6.07, 6.45) is 14.3. The van der Waals surface area contributed by atoms with Gasteiger partial charge in [-0.15, -0.1) is 0 Å². The highest BCUT2D eigenvalue weighted by Gasteiger charge is 2.35. The lowest BCUT2D eigenvalue weighted by atomic mass is 9.64. The number of carbonyl (C=O) groups excluding carboxylic acids is 2. The van der Waals surface area contributed by atoms with Crippen molar-refractivity contribution in [1.82, 2.24) is 0 Å². The first kappa shape index (κ1) is 38.6. The minimum Gasteiger partial charge on any atom is -0.462 e. The normalized spacial score (nSPS) is 22.4. The van der Waals surface area contributed by atoms with Crippen molar-refractivity contribution in [3.63, 3.8) is 0 Å². The van der Waals surface area contributed by atoms with E-state index in [2.05, 4.69) is 76.4 Å². The van der Waals surface area contributed by atoms with Crippen molar-refractivity contribution in [1.29, 1.82) is 0 Å². The van der Waals surface area contributed by atoms with Gasteiger partial charge in [-0.3, -0.25) is 0 Å². The van der Waals surface area contributed by atoms with Crippen LogP contribution in [0.5, 0.6) is 0 Å². The zero-order chi connectivity index (χ0) is 35.3. The van der Waals surface area contributed by atoms with Crippen molar-refractivity contribution >= 4 is 11.9 Å². The van der Waals surface area contributed by atoms with Crippen LogP contribution >= 0.6 is 0 Å². The fraction of sp³-hybridized carbons (Fsp3) is 0.581. The largest absolute Gasteiger partial charge is 0.462 e. The number of aliphatic hydroxyl groups excluding tert-OH is 2. The van der Waals surface area contributed by atoms with Crippen LogP contribution in [-0.2, 0) is 25.5 Å². The number of hydrogen-bond donors (Lipinski definition) is 2. The number of rotatable bonds is 17. The first-order valence-corrected chi connectivity index (χ1v) is 18.7. The number of esters is 2. The molecule has 268 valence electrons. The molecule has 2 aliphatic carbocycles. The number of aryl methyl sites for hydroxylation is 2. The van der Waals surface area contributed by atoms with Crippen molar-refractivity contribution < 1.29 is 29.3 Å². The first-order chi connectivity index (χ1) is 23.6. The highest BCUT2D eigenvalue weighted by atomic mass is 16.5. The highest BCUT2D eigenvalue weighted by Crippen LogP contribution is 2.46. The van der Waals surface area contributed by atoms with Crippen LogP contribution in [0.15, 0.2) is 66.8 Å². The fourth-order valence-corrected chi connectivity index (χ4v) is 8.20. The summed E-state index contributed by atoms with van der Waals surface area (Å²) in [5, 5.41) is 18.4. The molecular weight excluding hydrogens is 612 g/mol. The van der Waals surface area contributed by atoms with Gasteiger partial charge in [0.05, 0.1) is 37.6 Å². The van der Waals surface area contributed by atoms with Gasteiger partial charge in [0, 0.05) is 5.92 Å². The molecule has 6 heteroatoms. The second kappa shape index (κ2) is 19.2. The SMILES string of the molecule is C=C(CO)C(=O)OCC(COC(=O)C(=C)CO)CC1CCC(C2CCC(c3ccc(-c4ccc(CCCCC)c(C)c4)cc3)CC2)CC1C. The molecule has 0 radical (unpaired) electrons. The third-order valence-electron chi connectivity index (χ3n) is 11.4. The molecule has 2 N–H and O–H groups in total. The summed E-state index contributed by atoms with van der Waals surface area (Å²) in [5.41, 5.74) is 6.97. The average Bonchev–Trinajstić information content (AvgIpc) is 3.13. The van der Waals surface area contributed by atoms with Crippen LogP contribution in [0.3, 0.4) is 0 Å². The smallest absolute Gasteiger partial charge is 0.335 e. The molecule has 0 bridgehead atoms. The molecule has 3 unspecified atom stereocenters. The molecule has 0 amide bonds. The Bertz CT molecular complexity index is 1350. The minimum absolute atomic E-state index is 0.00118. The van der Waals surface area contributed by atoms with Gasteiger partial charge >= 0.3 is 11.9 Å². The van der Waals surface area contributed by atoms with E-state index in [1.54, 1.807) is 0 Å². The molecule has 2 aliphatic rings. The Hall–Kier alpha value is -3.22. The molecule has 6 nitrogen and oxygen atoms in total. The van der Waals surface area contributed by atoms with Crippen LogP contribution in [0.1, 0.15) is 107 Å². The Kier molecular flexibility index (Phi) is 15.2. The van der Waals surface area contributed by atoms with Crippen molar-refractivity contribution in [3.8, 4) is 11.1 Å². The number of ether oxygens (including phenoxy) is 2. The van der Waals surface area contributed by atoms with Gasteiger partial charge in [0.25, 0.3) is 0 Å². The predicted octanol–water partition coefficient (Wildman–Crippen LogP) is 8.91. The van der Waals surface area contributed by atoms with Crippen LogP contribution < -0.4 is 0 Å². The number of carbonyl (C=O) groups is 2. The van der Waals surface area contributed by atoms with E-state index < -0.39 is 25.2 Å². The number of hydrogen-bond acceptors (Lipinski definition) is 6. The quantitative estimate of drug-likeness (QED) is 0.0991. The van der Waals surface area contributed by atoms with E-state index in [4.69, 9.17) is 9.47 Å². The van der Waals surface area contributed by atoms with Crippen molar-refractivity contribution in [2.75, 3.05) is 26.4 Å². The Morgan fingerprint density at radius 2 is 1.41 bits per heavy atom. The monoisotopic (exact) mass is 672 g/mol. The van der Waals surface area contributed by atoms with Crippen molar-refractivity contribution in [2.24, 2.45) is 29.6 Å². The standard InChI is InChI=1S/C43H60O6/c1-6-7-8-9-34-10-20-40(22-29(34)2)37-15-11-35(12-16-37)36-13-17-38(18-14-36)41-21-19-39(30(3)23-41)24-33(27-48-42(46)31(4)25-44)28-49-43(47)32(5)26-45/h10-12,15-16,20,22,30,33,36,38-39,41,44-45H,4-9,13-14,17-19,21,23-28H2,1-3H3. The maximum Gasteiger partial charge on any atom is 0.335 e. The summed E-state index contributed by atoms with van der Waals surface area (Å²) < 4.78 is 10.8. The molecule has 2 fully saturated rings. The molecule has 3 atom stereocenters. The summed E-state index contributed by atoms with van der Waals surface area (Å²) in [6, 6.07) is 16.3. The Labute approximate surface area is 295 Å². The van der Waals surface area contributed by atoms with Crippen molar-refractivity contribution in [3.05, 3.63) is 83.5 Å². The molecule has 0 aromatic heterocycles. The third-order valence-corrected chi connectivity index (χ3v) is 11.4. The van der Waals surface area contributed by atoms with E-state index in [0.29, 0.717) is 17.8 Å². The lowest BCUT2D eigenvalue weighted by molar-refractivity contribution is -0.145. The summed E-state index contributed by atoms with van der Waals surface area (Å²) in [7, 11) is 0. The summed E-state index contributed by atoms with van der Waals surface area (Å²) >= 11 is 0. The third kappa shape index (κ3) is 11.1. The lowest BCUT2D eigenvalue weighted by Gasteiger charge is -2.41. The van der Waals surface area contributed by atoms with Gasteiger partial charge in [-0.05, 0) is 129 Å². The van der Waals surface area contributed by atoms with Crippen LogP contribution in [-0.4, -0.2) is 48.6 Å². The number of aliphatic hydroxyl groups is 2. The van der Waals surface area contributed by atoms with Crippen LogP contribution in [0, 0.1) is 36.5 Å². The molecule has 0 heterocycles. The zero-order valence-corrected chi connectivity index (χ0v) is 30.3. The summed E-state index contributed by atoms with van der Waals surface area (Å²) in [4.78, 5) is 24.3. The van der Waals surface area contributed by atoms with Gasteiger partial charge in [0.1, 0.15) is 0 Å². The molecule has 2 saturated carbocycles. The van der Waals surface area contributed by atoms with Gasteiger partial charge in [-0.25, -0.2) is 9.59 Å². The Morgan fingerprint density at radius 3 is 1.96 bits per heavy atom. The van der Waals surface area contributed by atoms with E-state index >= 15 is 0 Å². The maximum atomic E-state index is 12.2. The molecule has 0 aliphatic heterocycles. The van der Waals surface area contributed by atoms with E-state index in [0.717, 1.165) is 24.7 Å². The van der Waals surface area contributed by atoms with Gasteiger partial charge < -0.3 is 19.7 Å². The van der Waals surface area contributed by atoms with E-state index in [1.807, 2.05) is 0 Å². The van der Waals surface area contributed by atoms with E-state index in [-0.39, 0.29) is 30.3 Å². The predicted molar refractivity (Wildman–Crippen MR) is 197 cm³/mol. The lowest BCUT2D eigenvalue weighted by Crippen LogP contribution is -2.32. The topological polar surface area (TPSA) is 93.1 Å². The molecule has 0 saturated heterocycles. The zero-order valence-electron chi connectivity index (χ0n) is 30.3. The fourth-order valence-electron chi connectivity index (χ4n) is 8.20. The Balaban J connectivity index is 1.26. The minimum atomic E-state index is -0.639. The van der Waals surface area contributed by atoms with E-state index in [1.165, 1.54) is 92.0 Å². The first-order valence-electron chi connectivity index (χ1n) is 18.7. The van der Waals surface area contributed by atoms with Crippen LogP contribution in [0.25, 0.3) is 11.1 Å². The second-order valence-electron chi connectivity index (χ2n) is 15.0. The van der Waals surface area contributed by atoms with Gasteiger partial charge in [0.15, 0.2) is 0 Å². The van der Waals surface area contributed by atoms with Gasteiger partial charge in [-0.2, -0.15) is 0 Å². The molecular formula is C43H60O6. The average molecular weight is 673 g/mol. The molecule has 4 rings (SSSR count). The summed E-state index contributed by atoms with van der Waals surface area (Å²) in [5.74, 6) is 1.64. The summed E-state index contributed by atoms with van der Waals surface area (Å²) in [6.45, 7) is 13.2. The Morgan fingerprint density at radius 1 is 0.816 bits per heavy atom. The second-order valence-corrected chi connectivity index (χ2v) is 15.0. The molecule has 2 aromatic rings. The van der Waals surface area contributed by atoms with E-state index in [9.17, 15) is 19.8 Å². The van der Waals surface area contributed by atoms with Crippen LogP contribution in [0.2, 0.25) is 0 Å².